The van der Waals surface area contributed by atoms with Crippen LogP contribution in [0.25, 0.3) is 10.2 Å². The van der Waals surface area contributed by atoms with Crippen molar-refractivity contribution in [1.29, 1.82) is 0 Å². The maximum absolute atomic E-state index is 14.2. The molecule has 4 aromatic rings. The number of rotatable bonds is 4. The summed E-state index contributed by atoms with van der Waals surface area (Å²) in [6.45, 7) is 6.60. The van der Waals surface area contributed by atoms with Crippen LogP contribution in [0.5, 0.6) is 0 Å². The molecule has 1 amide bonds. The van der Waals surface area contributed by atoms with Gasteiger partial charge in [-0.15, -0.1) is 0 Å². The first-order valence-electron chi connectivity index (χ1n) is 9.94. The molecule has 0 radical (unpaired) electrons. The Hall–Kier alpha value is -3.12. The fraction of sp³-hybridized carbons (Fsp3) is 0.200. The predicted molar refractivity (Wildman–Crippen MR) is 122 cm³/mol. The molecule has 0 spiro atoms. The van der Waals surface area contributed by atoms with Crippen LogP contribution in [0.15, 0.2) is 66.7 Å². The minimum atomic E-state index is -0.737. The van der Waals surface area contributed by atoms with Crippen molar-refractivity contribution in [1.82, 2.24) is 4.98 Å². The van der Waals surface area contributed by atoms with Crippen molar-refractivity contribution in [2.75, 3.05) is 4.90 Å². The highest BCUT2D eigenvalue weighted by Gasteiger charge is 2.24. The quantitative estimate of drug-likeness (QED) is 0.356. The largest absolute Gasteiger partial charge is 0.279 e. The molecule has 0 unspecified atom stereocenters. The molecule has 0 saturated heterocycles. The Labute approximate surface area is 184 Å². The van der Waals surface area contributed by atoms with E-state index < -0.39 is 11.6 Å². The van der Waals surface area contributed by atoms with E-state index in [9.17, 15) is 13.6 Å². The van der Waals surface area contributed by atoms with Gasteiger partial charge in [0.15, 0.2) is 10.9 Å². The first kappa shape index (κ1) is 21.1. The van der Waals surface area contributed by atoms with Gasteiger partial charge < -0.3 is 0 Å². The van der Waals surface area contributed by atoms with Crippen LogP contribution >= 0.6 is 11.3 Å². The van der Waals surface area contributed by atoms with E-state index in [1.807, 2.05) is 42.5 Å². The first-order valence-corrected chi connectivity index (χ1v) is 10.8. The van der Waals surface area contributed by atoms with Gasteiger partial charge >= 0.3 is 0 Å². The number of carbonyl (C=O) groups excluding carboxylic acids is 1. The van der Waals surface area contributed by atoms with Gasteiger partial charge in [-0.3, -0.25) is 9.69 Å². The van der Waals surface area contributed by atoms with Crippen molar-refractivity contribution in [2.24, 2.45) is 0 Å². The topological polar surface area (TPSA) is 33.2 Å². The Morgan fingerprint density at radius 2 is 1.68 bits per heavy atom. The molecular formula is C25H22F2N2OS. The number of carbonyl (C=O) groups is 1. The molecule has 4 rings (SSSR count). The van der Waals surface area contributed by atoms with Crippen LogP contribution in [-0.2, 0) is 12.0 Å². The highest BCUT2D eigenvalue weighted by molar-refractivity contribution is 7.22. The summed E-state index contributed by atoms with van der Waals surface area (Å²) in [7, 11) is 0. The van der Waals surface area contributed by atoms with Gasteiger partial charge in [0, 0.05) is 11.6 Å². The van der Waals surface area contributed by atoms with E-state index in [1.165, 1.54) is 11.0 Å². The summed E-state index contributed by atoms with van der Waals surface area (Å²) in [5.74, 6) is -1.65. The van der Waals surface area contributed by atoms with Gasteiger partial charge in [-0.25, -0.2) is 13.8 Å². The van der Waals surface area contributed by atoms with Crippen molar-refractivity contribution in [3.63, 3.8) is 0 Å². The molecule has 0 bridgehead atoms. The lowest BCUT2D eigenvalue weighted by Gasteiger charge is -2.22. The fourth-order valence-electron chi connectivity index (χ4n) is 3.32. The van der Waals surface area contributed by atoms with E-state index >= 15 is 0 Å². The summed E-state index contributed by atoms with van der Waals surface area (Å²) in [5.41, 5.74) is 2.58. The number of halogens is 2. The second kappa shape index (κ2) is 8.19. The zero-order valence-electron chi connectivity index (χ0n) is 17.5. The minimum Gasteiger partial charge on any atom is -0.279 e. The number of fused-ring (bicyclic) bond motifs is 1. The van der Waals surface area contributed by atoms with Crippen molar-refractivity contribution in [2.45, 2.75) is 32.7 Å². The number of thiazole rings is 1. The summed E-state index contributed by atoms with van der Waals surface area (Å²) in [5, 5.41) is 0.327. The molecule has 0 saturated carbocycles. The molecular weight excluding hydrogens is 414 g/mol. The lowest BCUT2D eigenvalue weighted by Crippen LogP contribution is -2.30. The molecule has 0 aliphatic carbocycles. The summed E-state index contributed by atoms with van der Waals surface area (Å²) < 4.78 is 28.3. The van der Waals surface area contributed by atoms with Crippen LogP contribution in [-0.4, -0.2) is 10.9 Å². The van der Waals surface area contributed by atoms with Gasteiger partial charge in [0.25, 0.3) is 5.91 Å². The zero-order valence-corrected chi connectivity index (χ0v) is 18.3. The molecule has 1 heterocycles. The number of hydrogen-bond donors (Lipinski definition) is 0. The maximum Gasteiger partial charge on any atom is 0.260 e. The zero-order chi connectivity index (χ0) is 22.2. The van der Waals surface area contributed by atoms with Crippen LogP contribution < -0.4 is 4.90 Å². The van der Waals surface area contributed by atoms with E-state index in [2.05, 4.69) is 25.8 Å². The van der Waals surface area contributed by atoms with Gasteiger partial charge in [-0.2, -0.15) is 0 Å². The minimum absolute atomic E-state index is 0.0278. The molecule has 31 heavy (non-hydrogen) atoms. The van der Waals surface area contributed by atoms with Gasteiger partial charge in [-0.1, -0.05) is 74.6 Å². The van der Waals surface area contributed by atoms with Crippen molar-refractivity contribution in [3.8, 4) is 0 Å². The Balaban J connectivity index is 1.76. The first-order chi connectivity index (χ1) is 14.7. The lowest BCUT2D eigenvalue weighted by atomic mass is 9.86. The number of nitrogens with zero attached hydrogens (tertiary/aromatic N) is 2. The van der Waals surface area contributed by atoms with Gasteiger partial charge in [0.05, 0.1) is 11.2 Å². The molecule has 0 fully saturated rings. The van der Waals surface area contributed by atoms with E-state index in [0.29, 0.717) is 15.4 Å². The third-order valence-corrected chi connectivity index (χ3v) is 6.08. The SMILES string of the molecule is CC(C)(C)c1ccc(C(=O)N(Cc2ccccc2)c2nc3c(F)cc(F)cc3s2)cc1. The highest BCUT2D eigenvalue weighted by Crippen LogP contribution is 2.33. The molecule has 158 valence electrons. The van der Waals surface area contributed by atoms with Crippen LogP contribution in [0.1, 0.15) is 42.3 Å². The van der Waals surface area contributed by atoms with Crippen LogP contribution in [0.2, 0.25) is 0 Å². The van der Waals surface area contributed by atoms with Crippen LogP contribution in [0.3, 0.4) is 0 Å². The molecule has 0 aliphatic rings. The van der Waals surface area contributed by atoms with Crippen molar-refractivity contribution in [3.05, 3.63) is 95.1 Å². The summed E-state index contributed by atoms with van der Waals surface area (Å²) in [4.78, 5) is 19.3. The van der Waals surface area contributed by atoms with E-state index in [4.69, 9.17) is 0 Å². The van der Waals surface area contributed by atoms with Crippen LogP contribution in [0.4, 0.5) is 13.9 Å². The fourth-order valence-corrected chi connectivity index (χ4v) is 4.32. The molecule has 3 nitrogen and oxygen atoms in total. The summed E-state index contributed by atoms with van der Waals surface area (Å²) >= 11 is 1.10. The number of anilines is 1. The Morgan fingerprint density at radius 3 is 2.32 bits per heavy atom. The Bertz CT molecular complexity index is 1230. The third-order valence-electron chi connectivity index (χ3n) is 5.06. The number of amides is 1. The number of hydrogen-bond acceptors (Lipinski definition) is 3. The van der Waals surface area contributed by atoms with Crippen molar-refractivity contribution >= 4 is 32.6 Å². The van der Waals surface area contributed by atoms with E-state index in [-0.39, 0.29) is 23.4 Å². The second-order valence-corrected chi connectivity index (χ2v) is 9.44. The standard InChI is InChI=1S/C25H22F2N2OS/c1-25(2,3)18-11-9-17(10-12-18)23(30)29(15-16-7-5-4-6-8-16)24-28-22-20(27)13-19(26)14-21(22)31-24/h4-14H,15H2,1-3H3. The van der Waals surface area contributed by atoms with Crippen molar-refractivity contribution < 1.29 is 13.6 Å². The summed E-state index contributed by atoms with van der Waals surface area (Å²) in [6, 6.07) is 19.0. The maximum atomic E-state index is 14.2. The van der Waals surface area contributed by atoms with Crippen LogP contribution in [0, 0.1) is 11.6 Å². The molecule has 0 atom stereocenters. The molecule has 0 aliphatic heterocycles. The molecule has 6 heteroatoms. The summed E-state index contributed by atoms with van der Waals surface area (Å²) in [6.07, 6.45) is 0. The predicted octanol–water partition coefficient (Wildman–Crippen LogP) is 6.72. The number of aromatic nitrogens is 1. The Kier molecular flexibility index (Phi) is 5.58. The average Bonchev–Trinajstić information content (AvgIpc) is 3.16. The second-order valence-electron chi connectivity index (χ2n) is 8.44. The highest BCUT2D eigenvalue weighted by atomic mass is 32.1. The van der Waals surface area contributed by atoms with Gasteiger partial charge in [-0.05, 0) is 34.7 Å². The molecule has 0 N–H and O–H groups in total. The number of benzene rings is 3. The normalized spacial score (nSPS) is 11.6. The molecule has 1 aromatic heterocycles. The monoisotopic (exact) mass is 436 g/mol. The third kappa shape index (κ3) is 4.49. The molecule has 3 aromatic carbocycles. The van der Waals surface area contributed by atoms with Gasteiger partial charge in [0.2, 0.25) is 0 Å². The smallest absolute Gasteiger partial charge is 0.260 e. The van der Waals surface area contributed by atoms with E-state index in [1.54, 1.807) is 12.1 Å². The Morgan fingerprint density at radius 1 is 1.00 bits per heavy atom. The van der Waals surface area contributed by atoms with E-state index in [0.717, 1.165) is 28.5 Å². The lowest BCUT2D eigenvalue weighted by molar-refractivity contribution is 0.0985. The van der Waals surface area contributed by atoms with Gasteiger partial charge in [0.1, 0.15) is 11.3 Å². The average molecular weight is 437 g/mol.